The third kappa shape index (κ3) is 2.95. The Kier molecular flexibility index (Phi) is 3.91. The van der Waals surface area contributed by atoms with Crippen molar-refractivity contribution in [1.82, 2.24) is 0 Å². The van der Waals surface area contributed by atoms with Gasteiger partial charge in [-0.1, -0.05) is 66.2 Å². The molecule has 5 rings (SSSR count). The molecular formula is C25H16O4. The van der Waals surface area contributed by atoms with Gasteiger partial charge >= 0.3 is 11.9 Å². The molecule has 29 heavy (non-hydrogen) atoms. The molecule has 4 heteroatoms. The van der Waals surface area contributed by atoms with Crippen LogP contribution in [0.25, 0.3) is 17.2 Å². The summed E-state index contributed by atoms with van der Waals surface area (Å²) in [7, 11) is 0. The summed E-state index contributed by atoms with van der Waals surface area (Å²) < 4.78 is 10.9. The van der Waals surface area contributed by atoms with Crippen LogP contribution in [0.1, 0.15) is 16.7 Å². The molecule has 0 saturated heterocycles. The van der Waals surface area contributed by atoms with Crippen molar-refractivity contribution in [2.45, 2.75) is 6.92 Å². The van der Waals surface area contributed by atoms with E-state index in [4.69, 9.17) is 9.47 Å². The predicted octanol–water partition coefficient (Wildman–Crippen LogP) is 2.90. The molecule has 3 aromatic carbocycles. The van der Waals surface area contributed by atoms with Crippen molar-refractivity contribution in [2.75, 3.05) is 0 Å². The van der Waals surface area contributed by atoms with Crippen LogP contribution in [0.2, 0.25) is 0 Å². The van der Waals surface area contributed by atoms with Gasteiger partial charge in [0.25, 0.3) is 0 Å². The van der Waals surface area contributed by atoms with Crippen LogP contribution >= 0.6 is 0 Å². The van der Waals surface area contributed by atoms with E-state index < -0.39 is 11.9 Å². The highest BCUT2D eigenvalue weighted by molar-refractivity contribution is 6.20. The fraction of sp³-hybridized carbons (Fsp3) is 0.0400. The average molecular weight is 380 g/mol. The largest absolute Gasteiger partial charge is 0.422 e. The van der Waals surface area contributed by atoms with E-state index >= 15 is 0 Å². The molecule has 0 fully saturated rings. The topological polar surface area (TPSA) is 52.6 Å². The summed E-state index contributed by atoms with van der Waals surface area (Å²) in [6, 6.07) is 20.7. The molecular weight excluding hydrogens is 364 g/mol. The summed E-state index contributed by atoms with van der Waals surface area (Å²) >= 11 is 0. The number of carbonyl (C=O) groups is 2. The Balaban J connectivity index is 1.65. The van der Waals surface area contributed by atoms with Crippen LogP contribution in [0.5, 0.6) is 11.5 Å². The van der Waals surface area contributed by atoms with Crippen LogP contribution in [0.15, 0.2) is 72.8 Å². The molecule has 2 heterocycles. The first-order valence-corrected chi connectivity index (χ1v) is 9.27. The molecule has 0 unspecified atom stereocenters. The summed E-state index contributed by atoms with van der Waals surface area (Å²) in [5, 5.41) is 1.26. The molecule has 0 saturated carbocycles. The van der Waals surface area contributed by atoms with E-state index in [1.165, 1.54) is 5.56 Å². The Labute approximate surface area is 167 Å². The standard InChI is InChI=1S/C25H16O4/c1-15-7-9-16(10-8-15)11-12-18-19-13-22-20(14-21(19)28-24(18)26)23(25(27)29-22)17-5-3-2-4-6-17/h2-14H,1H3. The fourth-order valence-corrected chi connectivity index (χ4v) is 3.55. The van der Waals surface area contributed by atoms with Gasteiger partial charge in [-0.05, 0) is 36.3 Å². The predicted molar refractivity (Wildman–Crippen MR) is 110 cm³/mol. The zero-order valence-electron chi connectivity index (χ0n) is 15.6. The molecule has 0 aliphatic carbocycles. The van der Waals surface area contributed by atoms with E-state index in [1.807, 2.05) is 67.6 Å². The van der Waals surface area contributed by atoms with E-state index in [9.17, 15) is 9.59 Å². The minimum atomic E-state index is -0.417. The van der Waals surface area contributed by atoms with Gasteiger partial charge in [-0.3, -0.25) is 0 Å². The normalized spacial score (nSPS) is 14.8. The van der Waals surface area contributed by atoms with Crippen LogP contribution in [0.4, 0.5) is 0 Å². The third-order valence-electron chi connectivity index (χ3n) is 5.05. The van der Waals surface area contributed by atoms with Crippen molar-refractivity contribution in [3.8, 4) is 11.5 Å². The Morgan fingerprint density at radius 1 is 0.724 bits per heavy atom. The summed E-state index contributed by atoms with van der Waals surface area (Å²) in [6.45, 7) is 2.02. The van der Waals surface area contributed by atoms with Crippen LogP contribution in [-0.4, -0.2) is 11.9 Å². The fourth-order valence-electron chi connectivity index (χ4n) is 3.55. The highest BCUT2D eigenvalue weighted by atomic mass is 16.5. The lowest BCUT2D eigenvalue weighted by Gasteiger charge is -1.98. The highest BCUT2D eigenvalue weighted by Gasteiger charge is 2.28. The number of aryl methyl sites for hydroxylation is 1. The maximum absolute atomic E-state index is 12.5. The Morgan fingerprint density at radius 3 is 2.14 bits per heavy atom. The minimum absolute atomic E-state index is 0.405. The number of benzene rings is 3. The van der Waals surface area contributed by atoms with Crippen LogP contribution in [0.3, 0.4) is 0 Å². The first-order valence-electron chi connectivity index (χ1n) is 9.27. The van der Waals surface area contributed by atoms with Crippen LogP contribution in [-0.2, 0) is 9.59 Å². The molecule has 0 radical (unpaired) electrons. The summed E-state index contributed by atoms with van der Waals surface area (Å²) in [5.74, 6) is 0.0498. The van der Waals surface area contributed by atoms with Gasteiger partial charge in [0.2, 0.25) is 0 Å². The lowest BCUT2D eigenvalue weighted by Crippen LogP contribution is -2.10. The molecule has 0 bridgehead atoms. The first kappa shape index (κ1) is 17.2. The van der Waals surface area contributed by atoms with E-state index in [0.717, 1.165) is 11.1 Å². The molecule has 0 spiro atoms. The second-order valence-corrected chi connectivity index (χ2v) is 7.02. The second-order valence-electron chi connectivity index (χ2n) is 7.02. The zero-order chi connectivity index (χ0) is 20.0. The number of esters is 2. The third-order valence-corrected chi connectivity index (χ3v) is 5.05. The summed E-state index contributed by atoms with van der Waals surface area (Å²) in [6.07, 6.45) is 3.61. The van der Waals surface area contributed by atoms with E-state index in [0.29, 0.717) is 33.1 Å². The van der Waals surface area contributed by atoms with Crippen molar-refractivity contribution >= 4 is 29.2 Å². The molecule has 0 N–H and O–H groups in total. The Hall–Kier alpha value is -3.92. The van der Waals surface area contributed by atoms with Gasteiger partial charge in [0, 0.05) is 10.4 Å². The molecule has 4 nitrogen and oxygen atoms in total. The van der Waals surface area contributed by atoms with Crippen molar-refractivity contribution < 1.29 is 19.1 Å². The zero-order valence-corrected chi connectivity index (χ0v) is 15.6. The van der Waals surface area contributed by atoms with Gasteiger partial charge in [-0.2, -0.15) is 0 Å². The van der Waals surface area contributed by atoms with Gasteiger partial charge in [0.1, 0.15) is 11.5 Å². The SMILES string of the molecule is Cc1ccc(C=CC2=c3cc4c(cc3OC2=O)=C(c2ccccc2)C(=O)O4)cc1. The summed E-state index contributed by atoms with van der Waals surface area (Å²) in [5.41, 5.74) is 3.83. The van der Waals surface area contributed by atoms with Crippen molar-refractivity contribution in [3.63, 3.8) is 0 Å². The Morgan fingerprint density at radius 2 is 1.38 bits per heavy atom. The van der Waals surface area contributed by atoms with Crippen molar-refractivity contribution in [3.05, 3.63) is 99.9 Å². The number of rotatable bonds is 3. The smallest absolute Gasteiger partial charge is 0.344 e. The van der Waals surface area contributed by atoms with E-state index in [1.54, 1.807) is 18.2 Å². The van der Waals surface area contributed by atoms with E-state index in [-0.39, 0.29) is 0 Å². The van der Waals surface area contributed by atoms with Gasteiger partial charge < -0.3 is 9.47 Å². The average Bonchev–Trinajstić information content (AvgIpc) is 3.20. The Bertz CT molecular complexity index is 1310. The number of fused-ring (bicyclic) bond motifs is 2. The molecule has 0 aromatic heterocycles. The van der Waals surface area contributed by atoms with Crippen LogP contribution < -0.4 is 19.9 Å². The van der Waals surface area contributed by atoms with Crippen molar-refractivity contribution in [1.29, 1.82) is 0 Å². The molecule has 2 aliphatic heterocycles. The monoisotopic (exact) mass is 380 g/mol. The summed E-state index contributed by atoms with van der Waals surface area (Å²) in [4.78, 5) is 24.9. The molecule has 2 aliphatic rings. The number of carbonyl (C=O) groups excluding carboxylic acids is 2. The highest BCUT2D eigenvalue weighted by Crippen LogP contribution is 2.25. The number of hydrogen-bond acceptors (Lipinski definition) is 4. The van der Waals surface area contributed by atoms with Gasteiger partial charge in [0.05, 0.1) is 11.1 Å². The van der Waals surface area contributed by atoms with Crippen LogP contribution in [0, 0.1) is 6.92 Å². The van der Waals surface area contributed by atoms with Gasteiger partial charge in [0.15, 0.2) is 0 Å². The molecule has 0 amide bonds. The molecule has 3 aromatic rings. The first-order chi connectivity index (χ1) is 14.1. The van der Waals surface area contributed by atoms with E-state index in [2.05, 4.69) is 0 Å². The lowest BCUT2D eigenvalue weighted by molar-refractivity contribution is -0.128. The number of ether oxygens (including phenoxy) is 2. The lowest BCUT2D eigenvalue weighted by atomic mass is 10.0. The molecule has 140 valence electrons. The quantitative estimate of drug-likeness (QED) is 0.518. The maximum Gasteiger partial charge on any atom is 0.344 e. The minimum Gasteiger partial charge on any atom is -0.422 e. The van der Waals surface area contributed by atoms with Gasteiger partial charge in [-0.15, -0.1) is 0 Å². The van der Waals surface area contributed by atoms with Crippen molar-refractivity contribution in [2.24, 2.45) is 0 Å². The second kappa shape index (κ2) is 6.60. The maximum atomic E-state index is 12.5. The molecule has 0 atom stereocenters. The van der Waals surface area contributed by atoms with Gasteiger partial charge in [-0.25, -0.2) is 9.59 Å². The number of hydrogen-bond donors (Lipinski definition) is 0.